The normalized spacial score (nSPS) is 32.6. The van der Waals surface area contributed by atoms with Gasteiger partial charge in [-0.2, -0.15) is 0 Å². The third-order valence-corrected chi connectivity index (χ3v) is 6.21. The average molecular weight is 464 g/mol. The van der Waals surface area contributed by atoms with Crippen LogP contribution in [0.2, 0.25) is 0 Å². The summed E-state index contributed by atoms with van der Waals surface area (Å²) < 4.78 is 76.1. The van der Waals surface area contributed by atoms with E-state index in [1.807, 2.05) is 4.98 Å². The SMILES string of the molecule is O=c1ccn([C@@H]2O[C@@](COP3(=O)OCc4ccccc4O3)(C(F)F)[C@H](F)[C@H]2O)c(=O)[nH]1. The van der Waals surface area contributed by atoms with Gasteiger partial charge in [-0.25, -0.2) is 22.5 Å². The first-order valence-electron chi connectivity index (χ1n) is 8.91. The zero-order valence-electron chi connectivity index (χ0n) is 15.5. The molecule has 10 nitrogen and oxygen atoms in total. The number of alkyl halides is 3. The van der Waals surface area contributed by atoms with Crippen molar-refractivity contribution < 1.29 is 41.2 Å². The fourth-order valence-electron chi connectivity index (χ4n) is 3.24. The van der Waals surface area contributed by atoms with Crippen LogP contribution in [0.1, 0.15) is 11.8 Å². The summed E-state index contributed by atoms with van der Waals surface area (Å²) in [6.07, 6.45) is -9.59. The minimum atomic E-state index is -4.41. The van der Waals surface area contributed by atoms with Gasteiger partial charge in [0.05, 0.1) is 13.2 Å². The number of phosphoric acid groups is 1. The summed E-state index contributed by atoms with van der Waals surface area (Å²) in [5, 5.41) is 10.1. The van der Waals surface area contributed by atoms with Gasteiger partial charge in [0.2, 0.25) is 0 Å². The largest absolute Gasteiger partial charge is 0.530 e. The predicted octanol–water partition coefficient (Wildman–Crippen LogP) is 1.50. The lowest BCUT2D eigenvalue weighted by molar-refractivity contribution is -0.184. The van der Waals surface area contributed by atoms with Gasteiger partial charge in [-0.3, -0.25) is 23.4 Å². The lowest BCUT2D eigenvalue weighted by Crippen LogP contribution is -2.50. The Balaban J connectivity index is 1.58. The fraction of sp³-hybridized carbons (Fsp3) is 0.412. The van der Waals surface area contributed by atoms with Crippen LogP contribution >= 0.6 is 7.82 Å². The molecule has 2 aromatic rings. The molecule has 31 heavy (non-hydrogen) atoms. The predicted molar refractivity (Wildman–Crippen MR) is 96.5 cm³/mol. The van der Waals surface area contributed by atoms with Gasteiger partial charge in [-0.15, -0.1) is 0 Å². The van der Waals surface area contributed by atoms with E-state index in [1.165, 1.54) is 6.07 Å². The van der Waals surface area contributed by atoms with Gasteiger partial charge < -0.3 is 14.4 Å². The highest BCUT2D eigenvalue weighted by molar-refractivity contribution is 7.49. The molecule has 3 heterocycles. The van der Waals surface area contributed by atoms with Crippen molar-refractivity contribution in [3.05, 3.63) is 62.9 Å². The first-order chi connectivity index (χ1) is 14.7. The van der Waals surface area contributed by atoms with Gasteiger partial charge in [0, 0.05) is 17.8 Å². The third kappa shape index (κ3) is 3.83. The van der Waals surface area contributed by atoms with Crippen LogP contribution in [0.5, 0.6) is 5.75 Å². The second-order valence-corrected chi connectivity index (χ2v) is 8.46. The highest BCUT2D eigenvalue weighted by atomic mass is 31.2. The monoisotopic (exact) mass is 464 g/mol. The second-order valence-electron chi connectivity index (χ2n) is 6.87. The Morgan fingerprint density at radius 2 is 2.06 bits per heavy atom. The number of aromatic amines is 1. The maximum atomic E-state index is 14.9. The molecule has 1 fully saturated rings. The molecule has 5 atom stereocenters. The number of aliphatic hydroxyl groups is 1. The number of para-hydroxylation sites is 1. The van der Waals surface area contributed by atoms with Crippen molar-refractivity contribution in [1.82, 2.24) is 9.55 Å². The topological polar surface area (TPSA) is 129 Å². The molecule has 2 aliphatic heterocycles. The van der Waals surface area contributed by atoms with Crippen LogP contribution < -0.4 is 15.8 Å². The first kappa shape index (κ1) is 21.8. The van der Waals surface area contributed by atoms with Crippen molar-refractivity contribution in [2.45, 2.75) is 37.1 Å². The van der Waals surface area contributed by atoms with Gasteiger partial charge in [0.25, 0.3) is 12.0 Å². The molecular weight excluding hydrogens is 448 g/mol. The number of H-pyrrole nitrogens is 1. The number of rotatable bonds is 5. The van der Waals surface area contributed by atoms with E-state index in [0.717, 1.165) is 12.3 Å². The fourth-order valence-corrected chi connectivity index (χ4v) is 4.50. The summed E-state index contributed by atoms with van der Waals surface area (Å²) in [4.78, 5) is 25.0. The molecule has 0 aliphatic carbocycles. The molecule has 168 valence electrons. The maximum absolute atomic E-state index is 14.9. The smallest absolute Gasteiger partial charge is 0.404 e. The quantitative estimate of drug-likeness (QED) is 0.638. The van der Waals surface area contributed by atoms with E-state index in [0.29, 0.717) is 10.1 Å². The summed E-state index contributed by atoms with van der Waals surface area (Å²) in [5.74, 6) is 0.144. The molecule has 2 aliphatic rings. The Labute approximate surface area is 171 Å². The van der Waals surface area contributed by atoms with Crippen molar-refractivity contribution in [3.63, 3.8) is 0 Å². The average Bonchev–Trinajstić information content (AvgIpc) is 2.98. The summed E-state index contributed by atoms with van der Waals surface area (Å²) >= 11 is 0. The number of benzene rings is 1. The Morgan fingerprint density at radius 3 is 2.77 bits per heavy atom. The van der Waals surface area contributed by atoms with Gasteiger partial charge in [0.15, 0.2) is 18.0 Å². The molecule has 1 aromatic carbocycles. The van der Waals surface area contributed by atoms with E-state index < -0.39 is 56.2 Å². The standard InChI is InChI=1S/C17H16F3N2O8P/c18-13-12(24)14(22-6-5-11(23)21-16(22)25)29-17(13,15(19)20)8-28-31(26)27-7-9-3-1-2-4-10(9)30-31/h1-6,12-15,24H,7-8H2,(H,21,23,25)/t12-,13-,14-,17-,31?/m1/s1. The molecule has 0 bridgehead atoms. The van der Waals surface area contributed by atoms with E-state index >= 15 is 0 Å². The van der Waals surface area contributed by atoms with Crippen molar-refractivity contribution in [1.29, 1.82) is 0 Å². The number of halogens is 3. The molecule has 4 rings (SSSR count). The van der Waals surface area contributed by atoms with Crippen LogP contribution in [0.15, 0.2) is 46.1 Å². The molecule has 14 heteroatoms. The summed E-state index contributed by atoms with van der Waals surface area (Å²) in [7, 11) is -4.41. The first-order valence-corrected chi connectivity index (χ1v) is 10.4. The van der Waals surface area contributed by atoms with E-state index in [-0.39, 0.29) is 12.4 Å². The Morgan fingerprint density at radius 1 is 1.32 bits per heavy atom. The van der Waals surface area contributed by atoms with E-state index in [1.54, 1.807) is 18.2 Å². The maximum Gasteiger partial charge on any atom is 0.530 e. The molecule has 0 spiro atoms. The van der Waals surface area contributed by atoms with Crippen LogP contribution in [0.25, 0.3) is 0 Å². The zero-order valence-corrected chi connectivity index (χ0v) is 16.4. The molecule has 1 saturated heterocycles. The van der Waals surface area contributed by atoms with Gasteiger partial charge in [-0.1, -0.05) is 18.2 Å². The number of nitrogens with one attached hydrogen (secondary N) is 1. The van der Waals surface area contributed by atoms with Crippen molar-refractivity contribution in [3.8, 4) is 5.75 Å². The number of aliphatic hydroxyl groups excluding tert-OH is 1. The highest BCUT2D eigenvalue weighted by Gasteiger charge is 2.63. The Hall–Kier alpha value is -2.44. The molecular formula is C17H16F3N2O8P. The number of phosphoric ester groups is 1. The van der Waals surface area contributed by atoms with Crippen molar-refractivity contribution in [2.75, 3.05) is 6.61 Å². The molecule has 0 radical (unpaired) electrons. The number of hydrogen-bond acceptors (Lipinski definition) is 8. The van der Waals surface area contributed by atoms with E-state index in [4.69, 9.17) is 18.3 Å². The van der Waals surface area contributed by atoms with Crippen LogP contribution in [-0.4, -0.2) is 45.6 Å². The van der Waals surface area contributed by atoms with Crippen LogP contribution in [0, 0.1) is 0 Å². The summed E-state index contributed by atoms with van der Waals surface area (Å²) in [6.45, 7) is -1.52. The minimum absolute atomic E-state index is 0.144. The van der Waals surface area contributed by atoms with Crippen LogP contribution in [0.3, 0.4) is 0 Å². The number of ether oxygens (including phenoxy) is 1. The van der Waals surface area contributed by atoms with Gasteiger partial charge >= 0.3 is 13.5 Å². The Kier molecular flexibility index (Phi) is 5.56. The van der Waals surface area contributed by atoms with E-state index in [9.17, 15) is 32.4 Å². The molecule has 1 unspecified atom stereocenters. The van der Waals surface area contributed by atoms with Crippen molar-refractivity contribution in [2.24, 2.45) is 0 Å². The van der Waals surface area contributed by atoms with Crippen LogP contribution in [-0.2, 0) is 25.0 Å². The second kappa shape index (κ2) is 7.92. The van der Waals surface area contributed by atoms with Gasteiger partial charge in [-0.05, 0) is 6.07 Å². The molecule has 1 aromatic heterocycles. The third-order valence-electron chi connectivity index (χ3n) is 4.90. The highest BCUT2D eigenvalue weighted by Crippen LogP contribution is 2.56. The summed E-state index contributed by atoms with van der Waals surface area (Å²) in [5.41, 5.74) is -4.47. The van der Waals surface area contributed by atoms with Gasteiger partial charge in [0.1, 0.15) is 11.9 Å². The van der Waals surface area contributed by atoms with E-state index in [2.05, 4.69) is 0 Å². The number of nitrogens with zero attached hydrogens (tertiary/aromatic N) is 1. The number of fused-ring (bicyclic) bond motifs is 1. The Bertz CT molecular complexity index is 1140. The number of aromatic nitrogens is 2. The zero-order chi connectivity index (χ0) is 22.4. The lowest BCUT2D eigenvalue weighted by Gasteiger charge is -2.32. The van der Waals surface area contributed by atoms with Crippen LogP contribution in [0.4, 0.5) is 13.2 Å². The molecule has 2 N–H and O–H groups in total. The van der Waals surface area contributed by atoms with Crippen molar-refractivity contribution >= 4 is 7.82 Å². The summed E-state index contributed by atoms with van der Waals surface area (Å²) in [6, 6.07) is 7.20. The molecule has 0 amide bonds. The lowest BCUT2D eigenvalue weighted by atomic mass is 9.98. The molecule has 0 saturated carbocycles. The minimum Gasteiger partial charge on any atom is -0.404 e. The number of hydrogen-bond donors (Lipinski definition) is 2.